The minimum Gasteiger partial charge on any atom is -0.466 e. The maximum Gasteiger partial charge on any atom is 0.315 e. The fourth-order valence-electron chi connectivity index (χ4n) is 3.54. The Morgan fingerprint density at radius 3 is 2.85 bits per heavy atom. The van der Waals surface area contributed by atoms with Crippen LogP contribution in [-0.4, -0.2) is 28.4 Å². The van der Waals surface area contributed by atoms with E-state index < -0.39 is 6.04 Å². The molecule has 7 heteroatoms. The van der Waals surface area contributed by atoms with Crippen molar-refractivity contribution in [2.75, 3.05) is 6.61 Å². The minimum absolute atomic E-state index is 0.0681. The van der Waals surface area contributed by atoms with Crippen LogP contribution in [0, 0.1) is 0 Å². The van der Waals surface area contributed by atoms with Crippen LogP contribution in [-0.2, 0) is 23.0 Å². The van der Waals surface area contributed by atoms with Crippen LogP contribution in [0.5, 0.6) is 0 Å². The van der Waals surface area contributed by atoms with Crippen LogP contribution in [0.1, 0.15) is 55.1 Å². The normalized spacial score (nSPS) is 16.9. The lowest BCUT2D eigenvalue weighted by Gasteiger charge is -2.25. The molecular weight excluding hydrogens is 344 g/mol. The van der Waals surface area contributed by atoms with Crippen LogP contribution >= 0.6 is 0 Å². The Balaban J connectivity index is 1.68. The van der Waals surface area contributed by atoms with Crippen LogP contribution < -0.4 is 10.6 Å². The van der Waals surface area contributed by atoms with Crippen molar-refractivity contribution in [1.82, 2.24) is 20.4 Å². The molecule has 2 amide bonds. The van der Waals surface area contributed by atoms with E-state index in [1.807, 2.05) is 48.3 Å². The molecule has 1 heterocycles. The van der Waals surface area contributed by atoms with E-state index in [1.54, 1.807) is 6.92 Å². The fraction of sp³-hybridized carbons (Fsp3) is 0.450. The van der Waals surface area contributed by atoms with Crippen molar-refractivity contribution in [2.24, 2.45) is 7.05 Å². The van der Waals surface area contributed by atoms with Gasteiger partial charge in [0.2, 0.25) is 0 Å². The number of carbonyl (C=O) groups excluding carboxylic acids is 2. The molecule has 0 saturated carbocycles. The predicted molar refractivity (Wildman–Crippen MR) is 101 cm³/mol. The van der Waals surface area contributed by atoms with Gasteiger partial charge in [0.15, 0.2) is 0 Å². The Morgan fingerprint density at radius 1 is 1.33 bits per heavy atom. The number of urea groups is 1. The van der Waals surface area contributed by atoms with Gasteiger partial charge in [-0.2, -0.15) is 5.10 Å². The second-order valence-electron chi connectivity index (χ2n) is 6.71. The van der Waals surface area contributed by atoms with E-state index in [0.717, 1.165) is 36.1 Å². The third-order valence-corrected chi connectivity index (χ3v) is 4.86. The smallest absolute Gasteiger partial charge is 0.315 e. The number of amides is 2. The second kappa shape index (κ2) is 8.70. The third kappa shape index (κ3) is 4.67. The lowest BCUT2D eigenvalue weighted by molar-refractivity contribution is -0.143. The van der Waals surface area contributed by atoms with Crippen molar-refractivity contribution >= 4 is 12.0 Å². The van der Waals surface area contributed by atoms with E-state index in [1.165, 1.54) is 0 Å². The van der Waals surface area contributed by atoms with Crippen LogP contribution in [0.4, 0.5) is 4.79 Å². The Bertz CT molecular complexity index is 788. The molecule has 0 radical (unpaired) electrons. The molecule has 0 saturated heterocycles. The number of nitrogens with zero attached hydrogens (tertiary/aromatic N) is 2. The van der Waals surface area contributed by atoms with E-state index in [4.69, 9.17) is 4.74 Å². The monoisotopic (exact) mass is 370 g/mol. The molecule has 0 bridgehead atoms. The fourth-order valence-corrected chi connectivity index (χ4v) is 3.54. The van der Waals surface area contributed by atoms with Crippen LogP contribution in [0.15, 0.2) is 36.5 Å². The number of benzene rings is 1. The summed E-state index contributed by atoms with van der Waals surface area (Å²) in [5.41, 5.74) is 3.10. The minimum atomic E-state index is -0.442. The number of nitrogens with one attached hydrogen (secondary N) is 2. The lowest BCUT2D eigenvalue weighted by atomic mass is 9.93. The number of carbonyl (C=O) groups is 2. The molecule has 2 atom stereocenters. The summed E-state index contributed by atoms with van der Waals surface area (Å²) in [5.74, 6) is -0.334. The van der Waals surface area contributed by atoms with Gasteiger partial charge in [0.1, 0.15) is 0 Å². The molecule has 27 heavy (non-hydrogen) atoms. The third-order valence-electron chi connectivity index (χ3n) is 4.86. The molecule has 2 N–H and O–H groups in total. The Morgan fingerprint density at radius 2 is 2.11 bits per heavy atom. The van der Waals surface area contributed by atoms with E-state index in [-0.39, 0.29) is 24.5 Å². The molecule has 1 aliphatic carbocycles. The molecule has 144 valence electrons. The van der Waals surface area contributed by atoms with Crippen LogP contribution in [0.25, 0.3) is 0 Å². The molecule has 1 aromatic carbocycles. The number of fused-ring (bicyclic) bond motifs is 1. The van der Waals surface area contributed by atoms with Gasteiger partial charge in [-0.1, -0.05) is 30.3 Å². The molecule has 1 aromatic heterocycles. The summed E-state index contributed by atoms with van der Waals surface area (Å²) >= 11 is 0. The van der Waals surface area contributed by atoms with Gasteiger partial charge in [-0.3, -0.25) is 9.48 Å². The number of aromatic nitrogens is 2. The molecule has 0 spiro atoms. The van der Waals surface area contributed by atoms with Crippen molar-refractivity contribution in [1.29, 1.82) is 0 Å². The Labute approximate surface area is 159 Å². The number of hydrogen-bond donors (Lipinski definition) is 2. The summed E-state index contributed by atoms with van der Waals surface area (Å²) in [5, 5.41) is 10.3. The number of esters is 1. The zero-order valence-electron chi connectivity index (χ0n) is 15.8. The standard InChI is InChI=1S/C20H26N4O3/c1-3-27-19(25)12-17(14-8-5-4-6-9-14)23-20(26)22-16-10-7-11-18-15(16)13-21-24(18)2/h4-6,8-9,13,16-17H,3,7,10-12H2,1-2H3,(H2,22,23,26). The first kappa shape index (κ1) is 18.9. The summed E-state index contributed by atoms with van der Waals surface area (Å²) in [6, 6.07) is 8.65. The van der Waals surface area contributed by atoms with E-state index >= 15 is 0 Å². The van der Waals surface area contributed by atoms with E-state index in [0.29, 0.717) is 6.61 Å². The highest BCUT2D eigenvalue weighted by Crippen LogP contribution is 2.29. The quantitative estimate of drug-likeness (QED) is 0.766. The molecule has 0 aliphatic heterocycles. The first-order chi connectivity index (χ1) is 13.1. The first-order valence-corrected chi connectivity index (χ1v) is 9.36. The largest absolute Gasteiger partial charge is 0.466 e. The molecule has 7 nitrogen and oxygen atoms in total. The number of rotatable bonds is 6. The van der Waals surface area contributed by atoms with Gasteiger partial charge in [0, 0.05) is 18.3 Å². The lowest BCUT2D eigenvalue weighted by Crippen LogP contribution is -2.41. The summed E-state index contributed by atoms with van der Waals surface area (Å²) in [6.07, 6.45) is 4.77. The summed E-state index contributed by atoms with van der Waals surface area (Å²) < 4.78 is 6.92. The number of aryl methyl sites for hydroxylation is 1. The highest BCUT2D eigenvalue weighted by molar-refractivity contribution is 5.77. The van der Waals surface area contributed by atoms with Gasteiger partial charge in [0.05, 0.1) is 31.3 Å². The van der Waals surface area contributed by atoms with Crippen molar-refractivity contribution in [2.45, 2.75) is 44.7 Å². The van der Waals surface area contributed by atoms with Crippen LogP contribution in [0.2, 0.25) is 0 Å². The van der Waals surface area contributed by atoms with Gasteiger partial charge >= 0.3 is 12.0 Å². The molecule has 3 rings (SSSR count). The van der Waals surface area contributed by atoms with Gasteiger partial charge in [-0.15, -0.1) is 0 Å². The highest BCUT2D eigenvalue weighted by Gasteiger charge is 2.26. The van der Waals surface area contributed by atoms with Crippen molar-refractivity contribution in [3.8, 4) is 0 Å². The van der Waals surface area contributed by atoms with Crippen molar-refractivity contribution < 1.29 is 14.3 Å². The average Bonchev–Trinajstić information content (AvgIpc) is 3.04. The summed E-state index contributed by atoms with van der Waals surface area (Å²) in [7, 11) is 1.92. The molecule has 1 aliphatic rings. The Kier molecular flexibility index (Phi) is 6.11. The van der Waals surface area contributed by atoms with Crippen molar-refractivity contribution in [3.05, 3.63) is 53.3 Å². The maximum atomic E-state index is 12.6. The molecular formula is C20H26N4O3. The van der Waals surface area contributed by atoms with E-state index in [2.05, 4.69) is 15.7 Å². The SMILES string of the molecule is CCOC(=O)CC(NC(=O)NC1CCCc2c1cnn2C)c1ccccc1. The van der Waals surface area contributed by atoms with Gasteiger partial charge < -0.3 is 15.4 Å². The van der Waals surface area contributed by atoms with Gasteiger partial charge in [-0.05, 0) is 31.7 Å². The Hall–Kier alpha value is -2.83. The maximum absolute atomic E-state index is 12.6. The average molecular weight is 370 g/mol. The van der Waals surface area contributed by atoms with Crippen LogP contribution in [0.3, 0.4) is 0 Å². The zero-order chi connectivity index (χ0) is 19.2. The summed E-state index contributed by atoms with van der Waals surface area (Å²) in [4.78, 5) is 24.6. The van der Waals surface area contributed by atoms with E-state index in [9.17, 15) is 9.59 Å². The molecule has 2 unspecified atom stereocenters. The highest BCUT2D eigenvalue weighted by atomic mass is 16.5. The van der Waals surface area contributed by atoms with Crippen molar-refractivity contribution in [3.63, 3.8) is 0 Å². The van der Waals surface area contributed by atoms with Gasteiger partial charge in [0.25, 0.3) is 0 Å². The zero-order valence-corrected chi connectivity index (χ0v) is 15.8. The number of hydrogen-bond acceptors (Lipinski definition) is 4. The van der Waals surface area contributed by atoms with Gasteiger partial charge in [-0.25, -0.2) is 4.79 Å². The number of ether oxygens (including phenoxy) is 1. The second-order valence-corrected chi connectivity index (χ2v) is 6.71. The summed E-state index contributed by atoms with van der Waals surface area (Å²) in [6.45, 7) is 2.09. The first-order valence-electron chi connectivity index (χ1n) is 9.36. The molecule has 2 aromatic rings. The topological polar surface area (TPSA) is 85.2 Å². The molecule has 0 fully saturated rings. The predicted octanol–water partition coefficient (Wildman–Crippen LogP) is 2.79.